The highest BCUT2D eigenvalue weighted by Gasteiger charge is 2.25. The van der Waals surface area contributed by atoms with Gasteiger partial charge in [0.15, 0.2) is 0 Å². The number of hydrogen-bond acceptors (Lipinski definition) is 6. The average molecular weight is 395 g/mol. The molecule has 0 bridgehead atoms. The van der Waals surface area contributed by atoms with Gasteiger partial charge in [0.1, 0.15) is 17.2 Å². The van der Waals surface area contributed by atoms with E-state index in [0.29, 0.717) is 29.2 Å². The van der Waals surface area contributed by atoms with Gasteiger partial charge in [-0.05, 0) is 57.2 Å². The molecule has 3 aromatic heterocycles. The molecule has 1 amide bonds. The number of hydrogen-bond donors (Lipinski definition) is 2. The van der Waals surface area contributed by atoms with Gasteiger partial charge < -0.3 is 15.2 Å². The van der Waals surface area contributed by atoms with Crippen LogP contribution in [-0.4, -0.2) is 43.0 Å². The summed E-state index contributed by atoms with van der Waals surface area (Å²) in [6.45, 7) is 6.12. The van der Waals surface area contributed by atoms with Gasteiger partial charge >= 0.3 is 0 Å². The zero-order valence-corrected chi connectivity index (χ0v) is 16.8. The van der Waals surface area contributed by atoms with E-state index >= 15 is 0 Å². The first-order chi connectivity index (χ1) is 13.8. The van der Waals surface area contributed by atoms with E-state index in [0.717, 1.165) is 23.6 Å². The Kier molecular flexibility index (Phi) is 4.96. The summed E-state index contributed by atoms with van der Waals surface area (Å²) in [5.74, 6) is 1.37. The third kappa shape index (κ3) is 4.54. The van der Waals surface area contributed by atoms with Crippen molar-refractivity contribution in [3.05, 3.63) is 42.0 Å². The number of ether oxygens (including phenoxy) is 1. The fourth-order valence-electron chi connectivity index (χ4n) is 2.93. The molecule has 0 atom stereocenters. The highest BCUT2D eigenvalue weighted by Crippen LogP contribution is 2.30. The number of carbonyl (C=O) groups excluding carboxylic acids is 1. The van der Waals surface area contributed by atoms with Crippen molar-refractivity contribution in [1.82, 2.24) is 19.7 Å². The van der Waals surface area contributed by atoms with Crippen molar-refractivity contribution in [2.45, 2.75) is 45.8 Å². The number of aromatic nitrogens is 4. The second-order valence-electron chi connectivity index (χ2n) is 8.13. The summed E-state index contributed by atoms with van der Waals surface area (Å²) in [5, 5.41) is 17.8. The monoisotopic (exact) mass is 395 g/mol. The minimum atomic E-state index is -1.50. The number of amides is 1. The van der Waals surface area contributed by atoms with E-state index in [4.69, 9.17) is 4.74 Å². The van der Waals surface area contributed by atoms with E-state index in [2.05, 4.69) is 20.4 Å². The molecule has 0 radical (unpaired) electrons. The van der Waals surface area contributed by atoms with Gasteiger partial charge in [-0.3, -0.25) is 14.5 Å². The molecule has 2 N–H and O–H groups in total. The highest BCUT2D eigenvalue weighted by atomic mass is 16.5. The maximum atomic E-state index is 12.1. The Labute approximate surface area is 168 Å². The molecule has 8 nitrogen and oxygen atoms in total. The largest absolute Gasteiger partial charge is 0.491 e. The summed E-state index contributed by atoms with van der Waals surface area (Å²) in [4.78, 5) is 20.8. The summed E-state index contributed by atoms with van der Waals surface area (Å²) < 4.78 is 7.60. The zero-order valence-electron chi connectivity index (χ0n) is 16.8. The number of nitrogens with one attached hydrogen (secondary N) is 1. The first-order valence-electron chi connectivity index (χ1n) is 9.74. The van der Waals surface area contributed by atoms with E-state index in [9.17, 15) is 9.90 Å². The van der Waals surface area contributed by atoms with Crippen molar-refractivity contribution in [2.24, 2.45) is 5.92 Å². The Morgan fingerprint density at radius 2 is 2.17 bits per heavy atom. The van der Waals surface area contributed by atoms with Gasteiger partial charge in [0.2, 0.25) is 0 Å². The molecule has 8 heteroatoms. The molecule has 1 fully saturated rings. The van der Waals surface area contributed by atoms with Crippen LogP contribution in [-0.2, 0) is 11.3 Å². The first-order valence-corrected chi connectivity index (χ1v) is 9.74. The molecule has 1 aliphatic carbocycles. The maximum absolute atomic E-state index is 12.1. The Balaban J connectivity index is 1.51. The molecule has 0 saturated heterocycles. The van der Waals surface area contributed by atoms with Crippen LogP contribution in [0.3, 0.4) is 0 Å². The molecule has 4 rings (SSSR count). The second-order valence-corrected chi connectivity index (χ2v) is 8.13. The van der Waals surface area contributed by atoms with Crippen molar-refractivity contribution in [3.63, 3.8) is 0 Å². The Hall–Kier alpha value is -3.00. The Morgan fingerprint density at radius 3 is 2.86 bits per heavy atom. The number of aryl methyl sites for hydroxylation is 1. The van der Waals surface area contributed by atoms with E-state index < -0.39 is 11.5 Å². The van der Waals surface area contributed by atoms with Gasteiger partial charge in [-0.2, -0.15) is 5.10 Å². The van der Waals surface area contributed by atoms with Crippen LogP contribution in [0.25, 0.3) is 10.9 Å². The Morgan fingerprint density at radius 1 is 1.38 bits per heavy atom. The quantitative estimate of drug-likeness (QED) is 0.638. The van der Waals surface area contributed by atoms with Crippen LogP contribution in [0.1, 0.15) is 37.9 Å². The predicted octanol–water partition coefficient (Wildman–Crippen LogP) is 2.68. The molecule has 3 aromatic rings. The van der Waals surface area contributed by atoms with Crippen LogP contribution in [0.15, 0.2) is 30.7 Å². The van der Waals surface area contributed by atoms with Crippen molar-refractivity contribution in [2.75, 3.05) is 11.9 Å². The van der Waals surface area contributed by atoms with E-state index in [-0.39, 0.29) is 0 Å². The molecular formula is C21H25N5O3. The smallest absolute Gasteiger partial charge is 0.256 e. The average Bonchev–Trinajstić information content (AvgIpc) is 3.38. The second kappa shape index (κ2) is 7.44. The minimum absolute atomic E-state index is 0.369. The van der Waals surface area contributed by atoms with Gasteiger partial charge in [0.25, 0.3) is 5.91 Å². The van der Waals surface area contributed by atoms with Gasteiger partial charge in [-0.15, -0.1) is 0 Å². The molecule has 1 aliphatic rings. The number of carbonyl (C=O) groups is 1. The van der Waals surface area contributed by atoms with Crippen LogP contribution < -0.4 is 10.1 Å². The number of anilines is 1. The molecule has 0 aromatic carbocycles. The van der Waals surface area contributed by atoms with Gasteiger partial charge in [0, 0.05) is 12.4 Å². The summed E-state index contributed by atoms with van der Waals surface area (Å²) in [5.41, 5.74) is 1.12. The molecule has 0 aliphatic heterocycles. The first kappa shape index (κ1) is 19.3. The lowest BCUT2D eigenvalue weighted by molar-refractivity contribution is -0.130. The normalized spacial score (nSPS) is 14.2. The van der Waals surface area contributed by atoms with Crippen molar-refractivity contribution >= 4 is 22.6 Å². The summed E-state index contributed by atoms with van der Waals surface area (Å²) in [6.07, 6.45) is 7.67. The van der Waals surface area contributed by atoms with Crippen molar-refractivity contribution in [3.8, 4) is 5.75 Å². The molecule has 3 heterocycles. The third-order valence-electron chi connectivity index (χ3n) is 4.88. The van der Waals surface area contributed by atoms with Crippen LogP contribution in [0, 0.1) is 12.8 Å². The van der Waals surface area contributed by atoms with E-state index in [1.54, 1.807) is 23.1 Å². The topological polar surface area (TPSA) is 102 Å². The van der Waals surface area contributed by atoms with E-state index in [1.807, 2.05) is 19.2 Å². The fraction of sp³-hybridized carbons (Fsp3) is 0.429. The van der Waals surface area contributed by atoms with Crippen molar-refractivity contribution in [1.29, 1.82) is 0 Å². The van der Waals surface area contributed by atoms with Gasteiger partial charge in [0.05, 0.1) is 35.9 Å². The summed E-state index contributed by atoms with van der Waals surface area (Å²) in [6, 6.07) is 3.78. The van der Waals surface area contributed by atoms with Crippen LogP contribution in [0.2, 0.25) is 0 Å². The number of nitrogens with zero attached hydrogens (tertiary/aromatic N) is 4. The van der Waals surface area contributed by atoms with Crippen LogP contribution in [0.4, 0.5) is 5.82 Å². The SMILES string of the molecule is Cc1cc(Cn2cc3c(NC(=O)C(C)(C)O)nccc3n2)ncc1OCC1CC1. The number of aliphatic hydroxyl groups is 1. The molecule has 29 heavy (non-hydrogen) atoms. The molecule has 152 valence electrons. The molecule has 0 spiro atoms. The Bertz CT molecular complexity index is 1050. The minimum Gasteiger partial charge on any atom is -0.491 e. The van der Waals surface area contributed by atoms with Crippen molar-refractivity contribution < 1.29 is 14.6 Å². The van der Waals surface area contributed by atoms with Crippen LogP contribution >= 0.6 is 0 Å². The lowest BCUT2D eigenvalue weighted by atomic mass is 10.1. The zero-order chi connectivity index (χ0) is 20.6. The summed E-state index contributed by atoms with van der Waals surface area (Å²) in [7, 11) is 0. The standard InChI is InChI=1S/C21H25N5O3/c1-13-8-15(23-9-18(13)29-12-14-4-5-14)10-26-11-16-17(25-26)6-7-22-19(16)24-20(27)21(2,3)28/h6-9,11,14,28H,4-5,10,12H2,1-3H3,(H,22,24,27). The maximum Gasteiger partial charge on any atom is 0.256 e. The fourth-order valence-corrected chi connectivity index (χ4v) is 2.93. The van der Waals surface area contributed by atoms with Crippen LogP contribution in [0.5, 0.6) is 5.75 Å². The predicted molar refractivity (Wildman–Crippen MR) is 109 cm³/mol. The lowest BCUT2D eigenvalue weighted by Crippen LogP contribution is -2.36. The number of pyridine rings is 2. The lowest BCUT2D eigenvalue weighted by Gasteiger charge is -2.16. The summed E-state index contributed by atoms with van der Waals surface area (Å²) >= 11 is 0. The number of rotatable bonds is 7. The molecule has 0 unspecified atom stereocenters. The molecular weight excluding hydrogens is 370 g/mol. The highest BCUT2D eigenvalue weighted by molar-refractivity contribution is 6.02. The van der Waals surface area contributed by atoms with Gasteiger partial charge in [-0.1, -0.05) is 0 Å². The van der Waals surface area contributed by atoms with E-state index in [1.165, 1.54) is 26.7 Å². The van der Waals surface area contributed by atoms with Gasteiger partial charge in [-0.25, -0.2) is 4.98 Å². The number of fused-ring (bicyclic) bond motifs is 1. The molecule has 1 saturated carbocycles. The third-order valence-corrected chi connectivity index (χ3v) is 4.88.